The molecule has 1 fully saturated rings. The molecule has 0 N–H and O–H groups in total. The molecule has 1 aliphatic rings. The zero-order valence-corrected chi connectivity index (χ0v) is 16.4. The maximum atomic E-state index is 6.24. The molecular formula is C22H28O3S. The van der Waals surface area contributed by atoms with Gasteiger partial charge in [-0.2, -0.15) is 0 Å². The Labute approximate surface area is 161 Å². The third-order valence-corrected chi connectivity index (χ3v) is 5.66. The maximum absolute atomic E-state index is 6.24. The van der Waals surface area contributed by atoms with Gasteiger partial charge in [-0.3, -0.25) is 0 Å². The third kappa shape index (κ3) is 5.58. The van der Waals surface area contributed by atoms with Gasteiger partial charge in [-0.1, -0.05) is 67.6 Å². The summed E-state index contributed by atoms with van der Waals surface area (Å²) in [4.78, 5) is 0. The summed E-state index contributed by atoms with van der Waals surface area (Å²) >= 11 is 1.81. The van der Waals surface area contributed by atoms with Crippen LogP contribution in [0.4, 0.5) is 0 Å². The minimum absolute atomic E-state index is 0.0390. The highest BCUT2D eigenvalue weighted by molar-refractivity contribution is 7.99. The molecule has 0 spiro atoms. The summed E-state index contributed by atoms with van der Waals surface area (Å²) in [5.74, 6) is 1.01. The average Bonchev–Trinajstić information content (AvgIpc) is 2.68. The molecule has 3 nitrogen and oxygen atoms in total. The van der Waals surface area contributed by atoms with Crippen molar-refractivity contribution in [1.29, 1.82) is 0 Å². The summed E-state index contributed by atoms with van der Waals surface area (Å²) in [6.07, 6.45) is 1.01. The fourth-order valence-electron chi connectivity index (χ4n) is 3.13. The molecule has 2 aromatic rings. The van der Waals surface area contributed by atoms with E-state index < -0.39 is 0 Å². The SMILES string of the molecule is CCS[C@H]1O[C@H](C)[C@@H](OCc2ccccc2)C[C@H]1OCc1ccccc1. The molecule has 4 atom stereocenters. The zero-order valence-electron chi connectivity index (χ0n) is 15.5. The summed E-state index contributed by atoms with van der Waals surface area (Å²) < 4.78 is 18.7. The molecule has 1 aliphatic heterocycles. The van der Waals surface area contributed by atoms with E-state index in [0.29, 0.717) is 13.2 Å². The summed E-state index contributed by atoms with van der Waals surface area (Å²) in [5, 5.41) is 0. The van der Waals surface area contributed by atoms with Crippen molar-refractivity contribution in [2.24, 2.45) is 0 Å². The minimum Gasteiger partial charge on any atom is -0.371 e. The molecule has 0 unspecified atom stereocenters. The highest BCUT2D eigenvalue weighted by Gasteiger charge is 2.37. The first-order valence-corrected chi connectivity index (χ1v) is 10.4. The van der Waals surface area contributed by atoms with Crippen molar-refractivity contribution in [3.63, 3.8) is 0 Å². The van der Waals surface area contributed by atoms with Crippen LogP contribution in [0.2, 0.25) is 0 Å². The zero-order chi connectivity index (χ0) is 18.2. The Morgan fingerprint density at radius 2 is 1.42 bits per heavy atom. The molecule has 4 heteroatoms. The lowest BCUT2D eigenvalue weighted by Gasteiger charge is -2.39. The van der Waals surface area contributed by atoms with Crippen LogP contribution in [0.25, 0.3) is 0 Å². The van der Waals surface area contributed by atoms with E-state index >= 15 is 0 Å². The van der Waals surface area contributed by atoms with Crippen molar-refractivity contribution < 1.29 is 14.2 Å². The van der Waals surface area contributed by atoms with E-state index in [9.17, 15) is 0 Å². The molecule has 0 bridgehead atoms. The fraction of sp³-hybridized carbons (Fsp3) is 0.455. The highest BCUT2D eigenvalue weighted by Crippen LogP contribution is 2.32. The van der Waals surface area contributed by atoms with E-state index in [1.807, 2.05) is 48.2 Å². The van der Waals surface area contributed by atoms with Crippen molar-refractivity contribution in [3.8, 4) is 0 Å². The topological polar surface area (TPSA) is 27.7 Å². The predicted octanol–water partition coefficient (Wildman–Crippen LogP) is 5.05. The molecule has 0 amide bonds. The first kappa shape index (κ1) is 19.4. The van der Waals surface area contributed by atoms with Crippen LogP contribution in [0.1, 0.15) is 31.4 Å². The van der Waals surface area contributed by atoms with E-state index in [1.54, 1.807) is 0 Å². The summed E-state index contributed by atoms with van der Waals surface area (Å²) in [6.45, 7) is 5.48. The molecular weight excluding hydrogens is 344 g/mol. The fourth-order valence-corrected chi connectivity index (χ4v) is 4.12. The number of rotatable bonds is 8. The minimum atomic E-state index is 0.0390. The standard InChI is InChI=1S/C22H28O3S/c1-3-26-22-21(24-16-19-12-8-5-9-13-19)14-20(17(2)25-22)23-15-18-10-6-4-7-11-18/h4-13,17,20-22H,3,14-16H2,1-2H3/t17-,20+,21-,22-/m1/s1. The molecule has 1 heterocycles. The Balaban J connectivity index is 1.58. The summed E-state index contributed by atoms with van der Waals surface area (Å²) in [5.41, 5.74) is 2.44. The predicted molar refractivity (Wildman–Crippen MR) is 107 cm³/mol. The van der Waals surface area contributed by atoms with Gasteiger partial charge >= 0.3 is 0 Å². The highest BCUT2D eigenvalue weighted by atomic mass is 32.2. The Morgan fingerprint density at radius 3 is 1.96 bits per heavy atom. The van der Waals surface area contributed by atoms with Crippen molar-refractivity contribution in [1.82, 2.24) is 0 Å². The average molecular weight is 373 g/mol. The molecule has 26 heavy (non-hydrogen) atoms. The largest absolute Gasteiger partial charge is 0.371 e. The van der Waals surface area contributed by atoms with Crippen LogP contribution in [0.15, 0.2) is 60.7 Å². The second-order valence-corrected chi connectivity index (χ2v) is 7.95. The quantitative estimate of drug-likeness (QED) is 0.648. The van der Waals surface area contributed by atoms with Gasteiger partial charge in [0, 0.05) is 6.42 Å². The van der Waals surface area contributed by atoms with Crippen LogP contribution in [0.3, 0.4) is 0 Å². The summed E-state index contributed by atoms with van der Waals surface area (Å²) in [6, 6.07) is 20.6. The van der Waals surface area contributed by atoms with E-state index in [0.717, 1.165) is 12.2 Å². The molecule has 1 saturated heterocycles. The van der Waals surface area contributed by atoms with Crippen molar-refractivity contribution in [2.45, 2.75) is 57.2 Å². The molecule has 2 aromatic carbocycles. The Morgan fingerprint density at radius 1 is 0.885 bits per heavy atom. The van der Waals surface area contributed by atoms with Gasteiger partial charge in [-0.05, 0) is 23.8 Å². The molecule has 3 rings (SSSR count). The van der Waals surface area contributed by atoms with Crippen LogP contribution in [0, 0.1) is 0 Å². The Hall–Kier alpha value is -1.33. The van der Waals surface area contributed by atoms with Crippen molar-refractivity contribution in [3.05, 3.63) is 71.8 Å². The number of hydrogen-bond donors (Lipinski definition) is 0. The van der Waals surface area contributed by atoms with Crippen LogP contribution in [-0.2, 0) is 27.4 Å². The number of ether oxygens (including phenoxy) is 3. The Kier molecular flexibility index (Phi) is 7.56. The normalized spacial score (nSPS) is 25.9. The van der Waals surface area contributed by atoms with Gasteiger partial charge in [0.25, 0.3) is 0 Å². The van der Waals surface area contributed by atoms with E-state index in [4.69, 9.17) is 14.2 Å². The second kappa shape index (κ2) is 10.1. The van der Waals surface area contributed by atoms with E-state index in [1.165, 1.54) is 11.1 Å². The van der Waals surface area contributed by atoms with Gasteiger partial charge in [0.05, 0.1) is 31.5 Å². The van der Waals surface area contributed by atoms with Crippen LogP contribution in [0.5, 0.6) is 0 Å². The van der Waals surface area contributed by atoms with Gasteiger partial charge in [0.15, 0.2) is 0 Å². The lowest BCUT2D eigenvalue weighted by molar-refractivity contribution is -0.171. The maximum Gasteiger partial charge on any atom is 0.129 e. The smallest absolute Gasteiger partial charge is 0.129 e. The molecule has 140 valence electrons. The van der Waals surface area contributed by atoms with Crippen LogP contribution >= 0.6 is 11.8 Å². The van der Waals surface area contributed by atoms with Gasteiger partial charge in [-0.15, -0.1) is 11.8 Å². The molecule has 0 aliphatic carbocycles. The van der Waals surface area contributed by atoms with Crippen molar-refractivity contribution in [2.75, 3.05) is 5.75 Å². The second-order valence-electron chi connectivity index (χ2n) is 6.57. The lowest BCUT2D eigenvalue weighted by atomic mass is 10.0. The van der Waals surface area contributed by atoms with Gasteiger partial charge < -0.3 is 14.2 Å². The monoisotopic (exact) mass is 372 g/mol. The van der Waals surface area contributed by atoms with Crippen molar-refractivity contribution >= 4 is 11.8 Å². The summed E-state index contributed by atoms with van der Waals surface area (Å²) in [7, 11) is 0. The Bertz CT molecular complexity index is 634. The molecule has 0 saturated carbocycles. The third-order valence-electron chi connectivity index (χ3n) is 4.59. The molecule has 0 radical (unpaired) electrons. The van der Waals surface area contributed by atoms with Gasteiger partial charge in [0.1, 0.15) is 5.44 Å². The van der Waals surface area contributed by atoms with E-state index in [-0.39, 0.29) is 23.7 Å². The van der Waals surface area contributed by atoms with Gasteiger partial charge in [-0.25, -0.2) is 0 Å². The van der Waals surface area contributed by atoms with Crippen LogP contribution in [-0.4, -0.2) is 29.5 Å². The first-order valence-electron chi connectivity index (χ1n) is 9.34. The molecule has 0 aromatic heterocycles. The lowest BCUT2D eigenvalue weighted by Crippen LogP contribution is -2.46. The van der Waals surface area contributed by atoms with Gasteiger partial charge in [0.2, 0.25) is 0 Å². The number of benzene rings is 2. The number of thioether (sulfide) groups is 1. The first-order chi connectivity index (χ1) is 12.8. The van der Waals surface area contributed by atoms with Crippen LogP contribution < -0.4 is 0 Å². The van der Waals surface area contributed by atoms with E-state index in [2.05, 4.69) is 38.1 Å². The number of hydrogen-bond acceptors (Lipinski definition) is 4.